The number of phosphoric ester groups is 1. The minimum atomic E-state index is -4.64. The first-order valence-corrected chi connectivity index (χ1v) is 11.5. The number of hydrogen-bond donors (Lipinski definition) is 9. The van der Waals surface area contributed by atoms with Crippen LogP contribution in [0.1, 0.15) is 5.56 Å². The molecule has 3 aromatic rings. The molecule has 0 bridgehead atoms. The number of hydrogen-bond acceptors (Lipinski definition) is 12. The standard InChI is InChI=1S/C12H12ClN7.C5H11O8P/c13-7-1-2-8(14)6(9(7)15)3-16-11-10-12(18-4-17-10)20-5-19-11;6-3-2(1-12-14(9,10)11)13-5(8)4(3)7/h1-2,4-5H,3,14-15H2,(H2,16,17,18,19,20);2-8H,1H2,(H2,9,10,11)/t;2-,3-,4-,5?/m.1/s1. The maximum atomic E-state index is 10.3. The van der Waals surface area contributed by atoms with E-state index in [4.69, 9.17) is 48.2 Å². The summed E-state index contributed by atoms with van der Waals surface area (Å²) in [4.78, 5) is 31.9. The Morgan fingerprint density at radius 2 is 1.91 bits per heavy atom. The van der Waals surface area contributed by atoms with Gasteiger partial charge in [0, 0.05) is 17.8 Å². The second kappa shape index (κ2) is 10.8. The number of rotatable bonds is 6. The number of H-pyrrole nitrogens is 1. The van der Waals surface area contributed by atoms with Crippen molar-refractivity contribution >= 4 is 47.8 Å². The lowest BCUT2D eigenvalue weighted by Gasteiger charge is -2.14. The lowest BCUT2D eigenvalue weighted by atomic mass is 10.1. The number of fused-ring (bicyclic) bond motifs is 1. The van der Waals surface area contributed by atoms with Crippen molar-refractivity contribution in [2.75, 3.05) is 23.4 Å². The van der Waals surface area contributed by atoms with Crippen molar-refractivity contribution in [1.29, 1.82) is 0 Å². The lowest BCUT2D eigenvalue weighted by Crippen LogP contribution is -2.34. The number of phosphoric acid groups is 1. The van der Waals surface area contributed by atoms with Crippen molar-refractivity contribution in [3.05, 3.63) is 35.4 Å². The van der Waals surface area contributed by atoms with Gasteiger partial charge in [0.05, 0.1) is 23.6 Å². The maximum Gasteiger partial charge on any atom is 0.469 e. The molecule has 34 heavy (non-hydrogen) atoms. The Morgan fingerprint density at radius 3 is 2.56 bits per heavy atom. The first-order valence-electron chi connectivity index (χ1n) is 9.58. The van der Waals surface area contributed by atoms with Gasteiger partial charge in [-0.05, 0) is 12.1 Å². The number of aliphatic hydroxyl groups is 3. The number of imidazole rings is 1. The molecule has 1 aromatic carbocycles. The molecule has 1 saturated heterocycles. The highest BCUT2D eigenvalue weighted by Crippen LogP contribution is 2.37. The molecule has 4 rings (SSSR count). The largest absolute Gasteiger partial charge is 0.469 e. The highest BCUT2D eigenvalue weighted by atomic mass is 35.5. The highest BCUT2D eigenvalue weighted by molar-refractivity contribution is 7.46. The molecule has 0 aliphatic carbocycles. The smallest absolute Gasteiger partial charge is 0.398 e. The third-order valence-corrected chi connectivity index (χ3v) is 5.55. The summed E-state index contributed by atoms with van der Waals surface area (Å²) in [6, 6.07) is 3.40. The molecule has 186 valence electrons. The monoisotopic (exact) mass is 519 g/mol. The normalized spacial score (nSPS) is 22.4. The van der Waals surface area contributed by atoms with Crippen molar-refractivity contribution in [3.63, 3.8) is 0 Å². The first kappa shape index (κ1) is 26.0. The fraction of sp³-hybridized carbons (Fsp3) is 0.353. The van der Waals surface area contributed by atoms with Gasteiger partial charge in [-0.2, -0.15) is 0 Å². The van der Waals surface area contributed by atoms with Crippen LogP contribution in [0.4, 0.5) is 17.2 Å². The molecular weight excluding hydrogens is 497 g/mol. The van der Waals surface area contributed by atoms with Crippen LogP contribution in [0.3, 0.4) is 0 Å². The van der Waals surface area contributed by atoms with Gasteiger partial charge < -0.3 is 51.6 Å². The number of nitrogens with two attached hydrogens (primary N) is 2. The van der Waals surface area contributed by atoms with Crippen molar-refractivity contribution < 1.29 is 38.9 Å². The first-order chi connectivity index (χ1) is 16.0. The molecule has 11 N–H and O–H groups in total. The quantitative estimate of drug-likeness (QED) is 0.144. The van der Waals surface area contributed by atoms with Crippen molar-refractivity contribution in [3.8, 4) is 0 Å². The average Bonchev–Trinajstić information content (AvgIpc) is 3.36. The van der Waals surface area contributed by atoms with Crippen LogP contribution in [0.5, 0.6) is 0 Å². The van der Waals surface area contributed by atoms with Gasteiger partial charge in [-0.15, -0.1) is 0 Å². The molecule has 1 unspecified atom stereocenters. The molecule has 1 aliphatic heterocycles. The molecule has 2 aromatic heterocycles. The van der Waals surface area contributed by atoms with E-state index in [9.17, 15) is 4.57 Å². The topological polar surface area (TPSA) is 255 Å². The molecule has 4 atom stereocenters. The van der Waals surface area contributed by atoms with E-state index in [2.05, 4.69) is 34.5 Å². The van der Waals surface area contributed by atoms with Gasteiger partial charge in [0.15, 0.2) is 17.8 Å². The predicted molar refractivity (Wildman–Crippen MR) is 120 cm³/mol. The maximum absolute atomic E-state index is 10.3. The highest BCUT2D eigenvalue weighted by Gasteiger charge is 2.42. The van der Waals surface area contributed by atoms with E-state index < -0.39 is 39.0 Å². The summed E-state index contributed by atoms with van der Waals surface area (Å²) >= 11 is 6.00. The number of ether oxygens (including phenoxy) is 1. The van der Waals surface area contributed by atoms with Crippen molar-refractivity contribution in [1.82, 2.24) is 19.9 Å². The van der Waals surface area contributed by atoms with Gasteiger partial charge in [-0.1, -0.05) is 11.6 Å². The van der Waals surface area contributed by atoms with Gasteiger partial charge in [0.2, 0.25) is 0 Å². The van der Waals surface area contributed by atoms with Gasteiger partial charge in [-0.3, -0.25) is 4.52 Å². The van der Waals surface area contributed by atoms with Crippen LogP contribution in [-0.2, 0) is 20.4 Å². The fourth-order valence-corrected chi connectivity index (χ4v) is 3.48. The van der Waals surface area contributed by atoms with E-state index in [1.165, 1.54) is 6.33 Å². The minimum absolute atomic E-state index is 0.406. The van der Waals surface area contributed by atoms with Gasteiger partial charge in [-0.25, -0.2) is 19.5 Å². The van der Waals surface area contributed by atoms with Crippen LogP contribution in [0.15, 0.2) is 24.8 Å². The zero-order valence-corrected chi connectivity index (χ0v) is 19.0. The lowest BCUT2D eigenvalue weighted by molar-refractivity contribution is -0.132. The van der Waals surface area contributed by atoms with E-state index >= 15 is 0 Å². The van der Waals surface area contributed by atoms with E-state index in [0.717, 1.165) is 11.1 Å². The molecule has 0 amide bonds. The molecule has 17 heteroatoms. The summed E-state index contributed by atoms with van der Waals surface area (Å²) in [5, 5.41) is 30.7. The summed E-state index contributed by atoms with van der Waals surface area (Å²) < 4.78 is 18.9. The predicted octanol–water partition coefficient (Wildman–Crippen LogP) is -0.683. The number of aromatic amines is 1. The van der Waals surface area contributed by atoms with Crippen LogP contribution < -0.4 is 16.8 Å². The molecule has 0 saturated carbocycles. The number of nitrogens with one attached hydrogen (secondary N) is 2. The Labute approximate surface area is 197 Å². The van der Waals surface area contributed by atoms with E-state index in [1.807, 2.05) is 0 Å². The number of nitrogen functional groups attached to an aromatic ring is 2. The van der Waals surface area contributed by atoms with Gasteiger partial charge in [0.25, 0.3) is 0 Å². The molecule has 1 fully saturated rings. The van der Waals surface area contributed by atoms with Crippen LogP contribution >= 0.6 is 19.4 Å². The SMILES string of the molecule is Nc1ccc(Cl)c(N)c1CNc1ncnc2nc[nH]c12.O=P(O)(O)OC[C@H]1OC(O)[C@H](O)[C@@H]1O. The Hall–Kier alpha value is -2.59. The number of halogens is 1. The molecule has 0 spiro atoms. The summed E-state index contributed by atoms with van der Waals surface area (Å²) in [6.07, 6.45) is -2.66. The summed E-state index contributed by atoms with van der Waals surface area (Å²) in [5.41, 5.74) is 15.0. The summed E-state index contributed by atoms with van der Waals surface area (Å²) in [5.74, 6) is 0.631. The van der Waals surface area contributed by atoms with Crippen molar-refractivity contribution in [2.24, 2.45) is 0 Å². The van der Waals surface area contributed by atoms with E-state index in [-0.39, 0.29) is 0 Å². The number of aromatic nitrogens is 4. The van der Waals surface area contributed by atoms with Crippen LogP contribution in [0.2, 0.25) is 5.02 Å². The molecule has 3 heterocycles. The van der Waals surface area contributed by atoms with Crippen molar-refractivity contribution in [2.45, 2.75) is 31.1 Å². The molecule has 0 radical (unpaired) electrons. The zero-order chi connectivity index (χ0) is 25.0. The Bertz CT molecular complexity index is 1180. The third-order valence-electron chi connectivity index (χ3n) is 4.74. The van der Waals surface area contributed by atoms with Gasteiger partial charge >= 0.3 is 7.82 Å². The van der Waals surface area contributed by atoms with Crippen LogP contribution in [-0.4, -0.2) is 76.3 Å². The average molecular weight is 520 g/mol. The van der Waals surface area contributed by atoms with E-state index in [0.29, 0.717) is 34.4 Å². The Balaban J connectivity index is 0.000000204. The van der Waals surface area contributed by atoms with Gasteiger partial charge in [0.1, 0.15) is 30.2 Å². The fourth-order valence-electron chi connectivity index (χ4n) is 2.96. The number of anilines is 3. The molecule has 15 nitrogen and oxygen atoms in total. The van der Waals surface area contributed by atoms with Crippen LogP contribution in [0.25, 0.3) is 11.2 Å². The number of nitrogens with zero attached hydrogens (tertiary/aromatic N) is 3. The third kappa shape index (κ3) is 6.29. The summed E-state index contributed by atoms with van der Waals surface area (Å²) in [6.45, 7) is -0.205. The number of benzene rings is 1. The second-order valence-electron chi connectivity index (χ2n) is 7.04. The second-order valence-corrected chi connectivity index (χ2v) is 8.68. The molecule has 1 aliphatic rings. The number of aliphatic hydroxyl groups excluding tert-OH is 3. The zero-order valence-electron chi connectivity index (χ0n) is 17.3. The minimum Gasteiger partial charge on any atom is -0.398 e. The Kier molecular flexibility index (Phi) is 8.25. The summed E-state index contributed by atoms with van der Waals surface area (Å²) in [7, 11) is -4.64. The molecular formula is C17H23ClN7O8P. The Morgan fingerprint density at radius 1 is 1.18 bits per heavy atom. The van der Waals surface area contributed by atoms with E-state index in [1.54, 1.807) is 18.5 Å². The van der Waals surface area contributed by atoms with Crippen LogP contribution in [0, 0.1) is 0 Å².